The summed E-state index contributed by atoms with van der Waals surface area (Å²) in [5.74, 6) is -0.838. The molecule has 0 saturated carbocycles. The second kappa shape index (κ2) is 5.97. The van der Waals surface area contributed by atoms with Crippen molar-refractivity contribution in [2.75, 3.05) is 0 Å². The summed E-state index contributed by atoms with van der Waals surface area (Å²) in [4.78, 5) is 10.4. The van der Waals surface area contributed by atoms with Gasteiger partial charge in [-0.15, -0.1) is 0 Å². The van der Waals surface area contributed by atoms with Gasteiger partial charge in [0.15, 0.2) is 0 Å². The van der Waals surface area contributed by atoms with Crippen molar-refractivity contribution >= 4 is 28.6 Å². The van der Waals surface area contributed by atoms with Crippen molar-refractivity contribution in [3.63, 3.8) is 0 Å². The number of aryl methyl sites for hydroxylation is 1. The number of rotatable bonds is 5. The van der Waals surface area contributed by atoms with Crippen molar-refractivity contribution in [3.05, 3.63) is 27.3 Å². The molecule has 0 spiro atoms. The lowest BCUT2D eigenvalue weighted by molar-refractivity contribution is -0.136. The molecule has 88 valence electrons. The fourth-order valence-corrected chi connectivity index (χ4v) is 1.93. The maximum atomic E-state index is 12.0. The standard InChI is InChI=1S/C10H9F2IO3/c11-10(12)16-7-3-1-2-6(9(7)13)4-5-8(14)15/h1-3,10H,4-5H2,(H,14,15). The normalized spacial score (nSPS) is 10.5. The van der Waals surface area contributed by atoms with Crippen LogP contribution in [-0.2, 0) is 11.2 Å². The minimum absolute atomic E-state index is 0.0336. The van der Waals surface area contributed by atoms with Gasteiger partial charge in [0.1, 0.15) is 5.75 Å². The van der Waals surface area contributed by atoms with Crippen LogP contribution in [0.5, 0.6) is 5.75 Å². The molecule has 0 radical (unpaired) electrons. The van der Waals surface area contributed by atoms with Crippen LogP contribution in [0.2, 0.25) is 0 Å². The Labute approximate surface area is 105 Å². The fraction of sp³-hybridized carbons (Fsp3) is 0.300. The molecular weight excluding hydrogens is 333 g/mol. The van der Waals surface area contributed by atoms with Gasteiger partial charge in [-0.1, -0.05) is 12.1 Å². The van der Waals surface area contributed by atoms with Crippen LogP contribution in [0, 0.1) is 3.57 Å². The third-order valence-corrected chi connectivity index (χ3v) is 3.09. The van der Waals surface area contributed by atoms with Gasteiger partial charge in [-0.25, -0.2) is 0 Å². The largest absolute Gasteiger partial charge is 0.481 e. The first-order chi connectivity index (χ1) is 7.50. The number of hydrogen-bond acceptors (Lipinski definition) is 2. The van der Waals surface area contributed by atoms with Gasteiger partial charge in [0.05, 0.1) is 3.57 Å². The van der Waals surface area contributed by atoms with Crippen LogP contribution in [0.3, 0.4) is 0 Å². The molecule has 3 nitrogen and oxygen atoms in total. The summed E-state index contributed by atoms with van der Waals surface area (Å²) in [7, 11) is 0. The molecule has 0 aromatic heterocycles. The summed E-state index contributed by atoms with van der Waals surface area (Å²) in [6, 6.07) is 4.69. The van der Waals surface area contributed by atoms with Crippen molar-refractivity contribution < 1.29 is 23.4 Å². The lowest BCUT2D eigenvalue weighted by Gasteiger charge is -2.09. The van der Waals surface area contributed by atoms with Gasteiger partial charge in [0, 0.05) is 6.42 Å². The van der Waals surface area contributed by atoms with Gasteiger partial charge in [-0.2, -0.15) is 8.78 Å². The highest BCUT2D eigenvalue weighted by Gasteiger charge is 2.11. The predicted molar refractivity (Wildman–Crippen MR) is 61.7 cm³/mol. The van der Waals surface area contributed by atoms with Gasteiger partial charge in [0.25, 0.3) is 0 Å². The molecule has 0 heterocycles. The first-order valence-electron chi connectivity index (χ1n) is 4.44. The Morgan fingerprint density at radius 1 is 1.50 bits per heavy atom. The molecule has 1 N–H and O–H groups in total. The molecule has 0 aliphatic carbocycles. The van der Waals surface area contributed by atoms with E-state index in [1.807, 2.05) is 22.6 Å². The Morgan fingerprint density at radius 3 is 2.75 bits per heavy atom. The third-order valence-electron chi connectivity index (χ3n) is 1.87. The number of aliphatic carboxylic acids is 1. The second-order valence-electron chi connectivity index (χ2n) is 3.00. The predicted octanol–water partition coefficient (Wildman–Crippen LogP) is 2.91. The van der Waals surface area contributed by atoms with Crippen LogP contribution < -0.4 is 4.74 Å². The smallest absolute Gasteiger partial charge is 0.387 e. The van der Waals surface area contributed by atoms with E-state index in [1.165, 1.54) is 6.07 Å². The van der Waals surface area contributed by atoms with Crippen LogP contribution in [0.1, 0.15) is 12.0 Å². The van der Waals surface area contributed by atoms with Crippen LogP contribution in [0.25, 0.3) is 0 Å². The van der Waals surface area contributed by atoms with E-state index >= 15 is 0 Å². The summed E-state index contributed by atoms with van der Waals surface area (Å²) in [5, 5.41) is 8.53. The van der Waals surface area contributed by atoms with E-state index in [9.17, 15) is 13.6 Å². The third kappa shape index (κ3) is 3.92. The van der Waals surface area contributed by atoms with E-state index in [0.29, 0.717) is 15.6 Å². The maximum Gasteiger partial charge on any atom is 0.387 e. The molecule has 0 unspecified atom stereocenters. The van der Waals surface area contributed by atoms with Crippen LogP contribution >= 0.6 is 22.6 Å². The summed E-state index contributed by atoms with van der Waals surface area (Å²) in [6.07, 6.45) is 0.266. The lowest BCUT2D eigenvalue weighted by atomic mass is 10.1. The van der Waals surface area contributed by atoms with E-state index in [-0.39, 0.29) is 12.2 Å². The summed E-state index contributed by atoms with van der Waals surface area (Å²) < 4.78 is 28.9. The number of alkyl halides is 2. The van der Waals surface area contributed by atoms with E-state index in [2.05, 4.69) is 4.74 Å². The molecule has 0 fully saturated rings. The average molecular weight is 342 g/mol. The van der Waals surface area contributed by atoms with E-state index in [4.69, 9.17) is 5.11 Å². The van der Waals surface area contributed by atoms with E-state index in [1.54, 1.807) is 12.1 Å². The quantitative estimate of drug-likeness (QED) is 0.837. The van der Waals surface area contributed by atoms with Gasteiger partial charge in [0.2, 0.25) is 0 Å². The zero-order chi connectivity index (χ0) is 12.1. The molecular formula is C10H9F2IO3. The topological polar surface area (TPSA) is 46.5 Å². The van der Waals surface area contributed by atoms with Crippen molar-refractivity contribution in [2.24, 2.45) is 0 Å². The first-order valence-corrected chi connectivity index (χ1v) is 5.52. The number of carbonyl (C=O) groups is 1. The highest BCUT2D eigenvalue weighted by molar-refractivity contribution is 14.1. The Bertz CT molecular complexity index is 382. The molecule has 0 atom stereocenters. The number of hydrogen-bond donors (Lipinski definition) is 1. The monoisotopic (exact) mass is 342 g/mol. The highest BCUT2D eigenvalue weighted by atomic mass is 127. The Hall–Kier alpha value is -0.920. The highest BCUT2D eigenvalue weighted by Crippen LogP contribution is 2.26. The zero-order valence-electron chi connectivity index (χ0n) is 8.12. The lowest BCUT2D eigenvalue weighted by Crippen LogP contribution is -2.05. The van der Waals surface area contributed by atoms with Crippen LogP contribution in [0.4, 0.5) is 8.78 Å². The first kappa shape index (κ1) is 13.1. The van der Waals surface area contributed by atoms with Crippen molar-refractivity contribution in [1.29, 1.82) is 0 Å². The molecule has 1 aromatic carbocycles. The minimum Gasteiger partial charge on any atom is -0.481 e. The van der Waals surface area contributed by atoms with Crippen molar-refractivity contribution in [3.8, 4) is 5.75 Å². The van der Waals surface area contributed by atoms with Crippen LogP contribution in [-0.4, -0.2) is 17.7 Å². The molecule has 0 aliphatic rings. The van der Waals surface area contributed by atoms with Gasteiger partial charge >= 0.3 is 12.6 Å². The SMILES string of the molecule is O=C(O)CCc1cccc(OC(F)F)c1I. The minimum atomic E-state index is -2.87. The molecule has 1 rings (SSSR count). The van der Waals surface area contributed by atoms with Crippen molar-refractivity contribution in [2.45, 2.75) is 19.5 Å². The molecule has 1 aromatic rings. The zero-order valence-corrected chi connectivity index (χ0v) is 10.3. The number of benzene rings is 1. The van der Waals surface area contributed by atoms with E-state index in [0.717, 1.165) is 0 Å². The maximum absolute atomic E-state index is 12.0. The Kier molecular flexibility index (Phi) is 4.91. The summed E-state index contributed by atoms with van der Waals surface area (Å²) in [6.45, 7) is -2.87. The fourth-order valence-electron chi connectivity index (χ4n) is 1.18. The Morgan fingerprint density at radius 2 is 2.19 bits per heavy atom. The van der Waals surface area contributed by atoms with Gasteiger partial charge in [-0.3, -0.25) is 4.79 Å². The molecule has 0 bridgehead atoms. The number of carboxylic acid groups (broad SMARTS) is 1. The number of ether oxygens (including phenoxy) is 1. The second-order valence-corrected chi connectivity index (χ2v) is 4.08. The molecule has 0 amide bonds. The molecule has 0 saturated heterocycles. The average Bonchev–Trinajstić information content (AvgIpc) is 2.18. The van der Waals surface area contributed by atoms with Crippen molar-refractivity contribution in [1.82, 2.24) is 0 Å². The number of carboxylic acids is 1. The molecule has 0 aliphatic heterocycles. The van der Waals surface area contributed by atoms with E-state index < -0.39 is 12.6 Å². The number of halogens is 3. The summed E-state index contributed by atoms with van der Waals surface area (Å²) >= 11 is 1.87. The van der Waals surface area contributed by atoms with Gasteiger partial charge < -0.3 is 9.84 Å². The molecule has 6 heteroatoms. The Balaban J connectivity index is 2.81. The van der Waals surface area contributed by atoms with Gasteiger partial charge in [-0.05, 0) is 40.6 Å². The summed E-state index contributed by atoms with van der Waals surface area (Å²) in [5.41, 5.74) is 0.696. The van der Waals surface area contributed by atoms with Crippen LogP contribution in [0.15, 0.2) is 18.2 Å². The molecule has 16 heavy (non-hydrogen) atoms.